The number of rotatable bonds is 5. The number of nitrogens with one attached hydrogen (secondary N) is 1. The standard InChI is InChI=1S/C22H25N3OS/c1-3-7-17-10-6-8-15(2)25(17)12-16-9-4-5-11-18(16)21-23-20-14-27-13-19(20)22(26)24-21/h3-6,8-9,11,15,17H,1,7,10,12-14H2,2H3,(H,23,24,26)/t15-,17-/m1/s1. The first kappa shape index (κ1) is 18.3. The van der Waals surface area contributed by atoms with Crippen molar-refractivity contribution in [1.29, 1.82) is 0 Å². The highest BCUT2D eigenvalue weighted by atomic mass is 32.2. The molecule has 2 aliphatic rings. The van der Waals surface area contributed by atoms with Crippen LogP contribution in [0.5, 0.6) is 0 Å². The van der Waals surface area contributed by atoms with Crippen LogP contribution < -0.4 is 5.56 Å². The van der Waals surface area contributed by atoms with Gasteiger partial charge in [0.15, 0.2) is 0 Å². The summed E-state index contributed by atoms with van der Waals surface area (Å²) in [5, 5.41) is 0. The molecule has 0 aliphatic carbocycles. The fourth-order valence-electron chi connectivity index (χ4n) is 3.98. The molecule has 0 fully saturated rings. The van der Waals surface area contributed by atoms with E-state index in [4.69, 9.17) is 4.98 Å². The van der Waals surface area contributed by atoms with E-state index in [9.17, 15) is 4.79 Å². The minimum atomic E-state index is 0.00797. The van der Waals surface area contributed by atoms with Gasteiger partial charge in [-0.15, -0.1) is 6.58 Å². The Balaban J connectivity index is 1.70. The van der Waals surface area contributed by atoms with Crippen LogP contribution in [0.15, 0.2) is 53.9 Å². The smallest absolute Gasteiger partial charge is 0.255 e. The van der Waals surface area contributed by atoms with Crippen molar-refractivity contribution < 1.29 is 0 Å². The van der Waals surface area contributed by atoms with Gasteiger partial charge in [-0.1, -0.05) is 42.5 Å². The van der Waals surface area contributed by atoms with Crippen molar-refractivity contribution in [2.45, 2.75) is 49.9 Å². The average molecular weight is 380 g/mol. The third kappa shape index (κ3) is 3.66. The Labute approximate surface area is 164 Å². The van der Waals surface area contributed by atoms with Gasteiger partial charge in [-0.3, -0.25) is 9.69 Å². The third-order valence-electron chi connectivity index (χ3n) is 5.47. The molecular weight excluding hydrogens is 354 g/mol. The molecule has 2 aliphatic heterocycles. The second kappa shape index (κ2) is 7.87. The summed E-state index contributed by atoms with van der Waals surface area (Å²) in [6, 6.07) is 9.12. The van der Waals surface area contributed by atoms with Gasteiger partial charge in [0, 0.05) is 41.3 Å². The summed E-state index contributed by atoms with van der Waals surface area (Å²) in [6.45, 7) is 6.99. The van der Waals surface area contributed by atoms with Crippen LogP contribution in [-0.4, -0.2) is 27.0 Å². The van der Waals surface area contributed by atoms with E-state index in [1.165, 1.54) is 5.56 Å². The molecule has 4 nitrogen and oxygen atoms in total. The van der Waals surface area contributed by atoms with Gasteiger partial charge in [0.2, 0.25) is 0 Å². The van der Waals surface area contributed by atoms with Crippen LogP contribution in [0, 0.1) is 0 Å². The molecule has 0 amide bonds. The average Bonchev–Trinajstić information content (AvgIpc) is 3.14. The molecular formula is C22H25N3OS. The molecule has 1 aromatic heterocycles. The summed E-state index contributed by atoms with van der Waals surface area (Å²) in [5.74, 6) is 2.28. The van der Waals surface area contributed by atoms with Crippen LogP contribution in [-0.2, 0) is 18.1 Å². The molecule has 0 unspecified atom stereocenters. The molecule has 1 N–H and O–H groups in total. The Kier molecular flexibility index (Phi) is 5.32. The second-order valence-electron chi connectivity index (χ2n) is 7.24. The third-order valence-corrected chi connectivity index (χ3v) is 6.44. The van der Waals surface area contributed by atoms with E-state index in [1.54, 1.807) is 11.8 Å². The van der Waals surface area contributed by atoms with E-state index in [2.05, 4.69) is 53.7 Å². The van der Waals surface area contributed by atoms with Gasteiger partial charge in [-0.2, -0.15) is 11.8 Å². The highest BCUT2D eigenvalue weighted by Crippen LogP contribution is 2.30. The largest absolute Gasteiger partial charge is 0.306 e. The van der Waals surface area contributed by atoms with Gasteiger partial charge in [0.05, 0.1) is 5.69 Å². The molecule has 140 valence electrons. The van der Waals surface area contributed by atoms with Crippen LogP contribution in [0.2, 0.25) is 0 Å². The van der Waals surface area contributed by atoms with Crippen LogP contribution in [0.1, 0.15) is 36.6 Å². The molecule has 0 bridgehead atoms. The van der Waals surface area contributed by atoms with E-state index in [0.717, 1.165) is 47.7 Å². The number of hydrogen-bond acceptors (Lipinski definition) is 4. The zero-order chi connectivity index (χ0) is 18.8. The maximum atomic E-state index is 12.5. The highest BCUT2D eigenvalue weighted by molar-refractivity contribution is 7.98. The normalized spacial score (nSPS) is 22.0. The van der Waals surface area contributed by atoms with Crippen molar-refractivity contribution in [3.05, 3.63) is 76.2 Å². The fraction of sp³-hybridized carbons (Fsp3) is 0.364. The first-order valence-corrected chi connectivity index (χ1v) is 10.6. The molecule has 2 atom stereocenters. The van der Waals surface area contributed by atoms with Crippen molar-refractivity contribution >= 4 is 11.8 Å². The van der Waals surface area contributed by atoms with Gasteiger partial charge < -0.3 is 4.98 Å². The Bertz CT molecular complexity index is 933. The van der Waals surface area contributed by atoms with Gasteiger partial charge in [0.1, 0.15) is 5.82 Å². The van der Waals surface area contributed by atoms with Crippen LogP contribution in [0.4, 0.5) is 0 Å². The number of aromatic amines is 1. The lowest BCUT2D eigenvalue weighted by molar-refractivity contribution is 0.151. The van der Waals surface area contributed by atoms with E-state index in [-0.39, 0.29) is 5.56 Å². The summed E-state index contributed by atoms with van der Waals surface area (Å²) in [4.78, 5) is 22.8. The summed E-state index contributed by atoms with van der Waals surface area (Å²) in [5.41, 5.74) is 4.00. The lowest BCUT2D eigenvalue weighted by Gasteiger charge is -2.37. The molecule has 5 heteroatoms. The number of aromatic nitrogens is 2. The van der Waals surface area contributed by atoms with Crippen molar-refractivity contribution in [3.63, 3.8) is 0 Å². The topological polar surface area (TPSA) is 49.0 Å². The molecule has 4 rings (SSSR count). The summed E-state index contributed by atoms with van der Waals surface area (Å²) >= 11 is 1.75. The Morgan fingerprint density at radius 1 is 1.37 bits per heavy atom. The van der Waals surface area contributed by atoms with Gasteiger partial charge in [0.25, 0.3) is 5.56 Å². The molecule has 0 saturated heterocycles. The molecule has 1 aromatic carbocycles. The molecule has 2 aromatic rings. The molecule has 3 heterocycles. The summed E-state index contributed by atoms with van der Waals surface area (Å²) in [6.07, 6.45) is 8.58. The van der Waals surface area contributed by atoms with Gasteiger partial charge in [-0.05, 0) is 25.3 Å². The number of benzene rings is 1. The second-order valence-corrected chi connectivity index (χ2v) is 8.23. The zero-order valence-corrected chi connectivity index (χ0v) is 16.5. The minimum Gasteiger partial charge on any atom is -0.306 e. The lowest BCUT2D eigenvalue weighted by Crippen LogP contribution is -2.42. The quantitative estimate of drug-likeness (QED) is 0.788. The van der Waals surface area contributed by atoms with Gasteiger partial charge in [-0.25, -0.2) is 4.98 Å². The maximum absolute atomic E-state index is 12.5. The Hall–Kier alpha value is -2.11. The Morgan fingerprint density at radius 3 is 3.07 bits per heavy atom. The predicted octanol–water partition coefficient (Wildman–Crippen LogP) is 4.28. The molecule has 27 heavy (non-hydrogen) atoms. The monoisotopic (exact) mass is 379 g/mol. The molecule has 0 radical (unpaired) electrons. The van der Waals surface area contributed by atoms with Crippen LogP contribution in [0.25, 0.3) is 11.4 Å². The molecule has 0 spiro atoms. The van der Waals surface area contributed by atoms with E-state index in [0.29, 0.717) is 17.9 Å². The van der Waals surface area contributed by atoms with Crippen molar-refractivity contribution in [2.75, 3.05) is 0 Å². The van der Waals surface area contributed by atoms with E-state index >= 15 is 0 Å². The van der Waals surface area contributed by atoms with Crippen molar-refractivity contribution in [3.8, 4) is 11.4 Å². The lowest BCUT2D eigenvalue weighted by atomic mass is 9.97. The maximum Gasteiger partial charge on any atom is 0.255 e. The predicted molar refractivity (Wildman–Crippen MR) is 113 cm³/mol. The zero-order valence-electron chi connectivity index (χ0n) is 15.6. The summed E-state index contributed by atoms with van der Waals surface area (Å²) in [7, 11) is 0. The number of fused-ring (bicyclic) bond motifs is 1. The van der Waals surface area contributed by atoms with Crippen LogP contribution in [0.3, 0.4) is 0 Å². The SMILES string of the molecule is C=CC[C@@H]1CC=C[C@@H](C)N1Cc1ccccc1-c1nc2c(c(=O)[nH]1)CSC2. The fourth-order valence-corrected chi connectivity index (χ4v) is 5.02. The first-order valence-electron chi connectivity index (χ1n) is 9.48. The van der Waals surface area contributed by atoms with Crippen LogP contribution >= 0.6 is 11.8 Å². The minimum absolute atomic E-state index is 0.00797. The highest BCUT2D eigenvalue weighted by Gasteiger charge is 2.25. The van der Waals surface area contributed by atoms with Crippen molar-refractivity contribution in [1.82, 2.24) is 14.9 Å². The Morgan fingerprint density at radius 2 is 2.22 bits per heavy atom. The number of thioether (sulfide) groups is 1. The first-order chi connectivity index (χ1) is 13.2. The van der Waals surface area contributed by atoms with Gasteiger partial charge >= 0.3 is 0 Å². The molecule has 0 saturated carbocycles. The summed E-state index contributed by atoms with van der Waals surface area (Å²) < 4.78 is 0. The van der Waals surface area contributed by atoms with Crippen molar-refractivity contribution in [2.24, 2.45) is 0 Å². The number of nitrogens with zero attached hydrogens (tertiary/aromatic N) is 2. The van der Waals surface area contributed by atoms with E-state index in [1.807, 2.05) is 12.1 Å². The van der Waals surface area contributed by atoms with E-state index < -0.39 is 0 Å². The number of hydrogen-bond donors (Lipinski definition) is 1. The number of H-pyrrole nitrogens is 1.